The summed E-state index contributed by atoms with van der Waals surface area (Å²) in [6.45, 7) is 5.44. The highest BCUT2D eigenvalue weighted by molar-refractivity contribution is 5.29. The number of rotatable bonds is 2. The van der Waals surface area contributed by atoms with Crippen LogP contribution in [0.2, 0.25) is 0 Å². The molecule has 110 valence electrons. The van der Waals surface area contributed by atoms with Gasteiger partial charge >= 0.3 is 0 Å². The van der Waals surface area contributed by atoms with Crippen LogP contribution in [0, 0.1) is 0 Å². The first kappa shape index (κ1) is 14.1. The molecular formula is C17H27N3. The van der Waals surface area contributed by atoms with Gasteiger partial charge in [0.25, 0.3) is 0 Å². The summed E-state index contributed by atoms with van der Waals surface area (Å²) in [4.78, 5) is 5.14. The summed E-state index contributed by atoms with van der Waals surface area (Å²) in [5.74, 6) is 0. The van der Waals surface area contributed by atoms with Crippen molar-refractivity contribution < 1.29 is 0 Å². The van der Waals surface area contributed by atoms with E-state index < -0.39 is 0 Å². The Bertz CT molecular complexity index is 432. The number of likely N-dealkylation sites (tertiary alicyclic amines) is 1. The highest BCUT2D eigenvalue weighted by Gasteiger charge is 2.38. The molecule has 20 heavy (non-hydrogen) atoms. The van der Waals surface area contributed by atoms with E-state index in [0.29, 0.717) is 0 Å². The van der Waals surface area contributed by atoms with E-state index in [4.69, 9.17) is 5.73 Å². The molecule has 3 nitrogen and oxygen atoms in total. The summed E-state index contributed by atoms with van der Waals surface area (Å²) in [6.07, 6.45) is 4.87. The quantitative estimate of drug-likeness (QED) is 0.886. The molecule has 0 radical (unpaired) electrons. The molecule has 0 saturated carbocycles. The monoisotopic (exact) mass is 273 g/mol. The smallest absolute Gasteiger partial charge is 0.0458 e. The average molecular weight is 273 g/mol. The van der Waals surface area contributed by atoms with Crippen molar-refractivity contribution in [3.63, 3.8) is 0 Å². The number of piperidine rings is 1. The third-order valence-electron chi connectivity index (χ3n) is 5.22. The van der Waals surface area contributed by atoms with Crippen molar-refractivity contribution in [3.05, 3.63) is 35.4 Å². The van der Waals surface area contributed by atoms with Gasteiger partial charge in [-0.3, -0.25) is 4.90 Å². The minimum atomic E-state index is 0.203. The van der Waals surface area contributed by atoms with Crippen LogP contribution in [0.3, 0.4) is 0 Å². The fourth-order valence-electron chi connectivity index (χ4n) is 4.03. The van der Waals surface area contributed by atoms with Crippen LogP contribution in [0.15, 0.2) is 24.3 Å². The third-order valence-corrected chi connectivity index (χ3v) is 5.22. The largest absolute Gasteiger partial charge is 0.329 e. The topological polar surface area (TPSA) is 32.5 Å². The number of hydrogen-bond donors (Lipinski definition) is 1. The first-order valence-corrected chi connectivity index (χ1v) is 7.94. The van der Waals surface area contributed by atoms with Crippen LogP contribution in [0.4, 0.5) is 0 Å². The lowest BCUT2D eigenvalue weighted by molar-refractivity contribution is 0.0287. The molecule has 0 bridgehead atoms. The highest BCUT2D eigenvalue weighted by atomic mass is 15.3. The van der Waals surface area contributed by atoms with Gasteiger partial charge in [-0.05, 0) is 50.4 Å². The van der Waals surface area contributed by atoms with Gasteiger partial charge in [-0.15, -0.1) is 0 Å². The van der Waals surface area contributed by atoms with Gasteiger partial charge in [-0.2, -0.15) is 0 Å². The molecule has 1 unspecified atom stereocenters. The second kappa shape index (κ2) is 5.84. The lowest BCUT2D eigenvalue weighted by Crippen LogP contribution is -2.62. The molecule has 1 atom stereocenters. The molecule has 2 aliphatic rings. The van der Waals surface area contributed by atoms with Gasteiger partial charge in [0, 0.05) is 31.7 Å². The maximum atomic E-state index is 6.22. The molecule has 1 fully saturated rings. The maximum Gasteiger partial charge on any atom is 0.0458 e. The van der Waals surface area contributed by atoms with Crippen molar-refractivity contribution >= 4 is 0 Å². The predicted molar refractivity (Wildman–Crippen MR) is 83.9 cm³/mol. The van der Waals surface area contributed by atoms with E-state index in [1.54, 1.807) is 0 Å². The van der Waals surface area contributed by atoms with Gasteiger partial charge in [-0.1, -0.05) is 24.3 Å². The number of likely N-dealkylation sites (N-methyl/N-ethyl adjacent to an activating group) is 1. The minimum Gasteiger partial charge on any atom is -0.329 e. The average Bonchev–Trinajstić information content (AvgIpc) is 2.70. The van der Waals surface area contributed by atoms with Crippen molar-refractivity contribution in [2.24, 2.45) is 5.73 Å². The maximum absolute atomic E-state index is 6.22. The van der Waals surface area contributed by atoms with E-state index in [1.165, 1.54) is 43.4 Å². The van der Waals surface area contributed by atoms with Crippen LogP contribution in [-0.4, -0.2) is 55.1 Å². The Balaban J connectivity index is 1.78. The Morgan fingerprint density at radius 3 is 2.30 bits per heavy atom. The molecule has 0 spiro atoms. The molecule has 2 N–H and O–H groups in total. The molecule has 1 aromatic carbocycles. The zero-order chi connectivity index (χ0) is 14.0. The molecular weight excluding hydrogens is 246 g/mol. The van der Waals surface area contributed by atoms with E-state index in [2.05, 4.69) is 41.1 Å². The standard InChI is InChI=1S/C17H27N3/c1-19-10-4-9-17(13-18,14-19)20-11-7-15-5-2-3-6-16(15)8-12-20/h2-3,5-6H,4,7-14,18H2,1H3. The Labute approximate surface area is 122 Å². The van der Waals surface area contributed by atoms with Crippen molar-refractivity contribution in [2.75, 3.05) is 39.8 Å². The van der Waals surface area contributed by atoms with Gasteiger partial charge in [0.1, 0.15) is 0 Å². The minimum absolute atomic E-state index is 0.203. The Morgan fingerprint density at radius 1 is 1.10 bits per heavy atom. The second-order valence-corrected chi connectivity index (χ2v) is 6.53. The van der Waals surface area contributed by atoms with E-state index in [0.717, 1.165) is 26.2 Å². The van der Waals surface area contributed by atoms with Crippen LogP contribution < -0.4 is 5.73 Å². The van der Waals surface area contributed by atoms with Crippen molar-refractivity contribution in [1.29, 1.82) is 0 Å². The number of fused-ring (bicyclic) bond motifs is 1. The zero-order valence-corrected chi connectivity index (χ0v) is 12.6. The van der Waals surface area contributed by atoms with Gasteiger partial charge in [0.2, 0.25) is 0 Å². The predicted octanol–water partition coefficient (Wildman–Crippen LogP) is 1.51. The summed E-state index contributed by atoms with van der Waals surface area (Å²) in [7, 11) is 2.23. The number of nitrogens with zero attached hydrogens (tertiary/aromatic N) is 2. The van der Waals surface area contributed by atoms with Gasteiger partial charge < -0.3 is 10.6 Å². The van der Waals surface area contributed by atoms with Crippen LogP contribution in [-0.2, 0) is 12.8 Å². The Hall–Kier alpha value is -0.900. The molecule has 2 aliphatic heterocycles. The normalized spacial score (nSPS) is 28.9. The molecule has 1 saturated heterocycles. The molecule has 3 rings (SSSR count). The van der Waals surface area contributed by atoms with E-state index >= 15 is 0 Å². The van der Waals surface area contributed by atoms with Crippen LogP contribution >= 0.6 is 0 Å². The fraction of sp³-hybridized carbons (Fsp3) is 0.647. The van der Waals surface area contributed by atoms with E-state index in [9.17, 15) is 0 Å². The van der Waals surface area contributed by atoms with E-state index in [1.807, 2.05) is 0 Å². The molecule has 3 heteroatoms. The molecule has 2 heterocycles. The van der Waals surface area contributed by atoms with Crippen molar-refractivity contribution in [2.45, 2.75) is 31.2 Å². The van der Waals surface area contributed by atoms with Gasteiger partial charge in [-0.25, -0.2) is 0 Å². The van der Waals surface area contributed by atoms with Gasteiger partial charge in [0.15, 0.2) is 0 Å². The van der Waals surface area contributed by atoms with Crippen LogP contribution in [0.5, 0.6) is 0 Å². The van der Waals surface area contributed by atoms with Crippen LogP contribution in [0.1, 0.15) is 24.0 Å². The first-order valence-electron chi connectivity index (χ1n) is 7.94. The second-order valence-electron chi connectivity index (χ2n) is 6.53. The third kappa shape index (κ3) is 2.62. The lowest BCUT2D eigenvalue weighted by atomic mass is 9.87. The zero-order valence-electron chi connectivity index (χ0n) is 12.6. The Morgan fingerprint density at radius 2 is 1.75 bits per heavy atom. The molecule has 0 aromatic heterocycles. The van der Waals surface area contributed by atoms with Crippen molar-refractivity contribution in [1.82, 2.24) is 9.80 Å². The summed E-state index contributed by atoms with van der Waals surface area (Å²) >= 11 is 0. The summed E-state index contributed by atoms with van der Waals surface area (Å²) in [6, 6.07) is 8.92. The first-order chi connectivity index (χ1) is 9.73. The molecule has 1 aromatic rings. The van der Waals surface area contributed by atoms with Crippen molar-refractivity contribution in [3.8, 4) is 0 Å². The fourth-order valence-corrected chi connectivity index (χ4v) is 4.03. The summed E-state index contributed by atoms with van der Waals surface area (Å²) in [5, 5.41) is 0. The highest BCUT2D eigenvalue weighted by Crippen LogP contribution is 2.29. The Kier molecular flexibility index (Phi) is 4.11. The summed E-state index contributed by atoms with van der Waals surface area (Å²) < 4.78 is 0. The number of nitrogens with two attached hydrogens (primary N) is 1. The summed E-state index contributed by atoms with van der Waals surface area (Å²) in [5.41, 5.74) is 9.49. The SMILES string of the molecule is CN1CCCC(CN)(N2CCc3ccccc3CC2)C1. The molecule has 0 amide bonds. The van der Waals surface area contributed by atoms with E-state index in [-0.39, 0.29) is 5.54 Å². The van der Waals surface area contributed by atoms with Crippen LogP contribution in [0.25, 0.3) is 0 Å². The number of benzene rings is 1. The lowest BCUT2D eigenvalue weighted by Gasteiger charge is -2.48. The molecule has 0 aliphatic carbocycles. The van der Waals surface area contributed by atoms with Gasteiger partial charge in [0.05, 0.1) is 0 Å². The number of hydrogen-bond acceptors (Lipinski definition) is 3.